The molecular weight excluding hydrogens is 178 g/mol. The van der Waals surface area contributed by atoms with Crippen molar-refractivity contribution < 1.29 is 0 Å². The average molecular weight is 184 g/mol. The van der Waals surface area contributed by atoms with Crippen molar-refractivity contribution in [2.24, 2.45) is 0 Å². The van der Waals surface area contributed by atoms with Gasteiger partial charge < -0.3 is 0 Å². The Kier molecular flexibility index (Phi) is 4.48. The summed E-state index contributed by atoms with van der Waals surface area (Å²) in [5.41, 5.74) is 0. The molecule has 0 unspecified atom stereocenters. The largest absolute Gasteiger partial charge is 0.252 e. The maximum absolute atomic E-state index is 5.31. The van der Waals surface area contributed by atoms with Crippen LogP contribution in [0.15, 0.2) is 0 Å². The lowest BCUT2D eigenvalue weighted by molar-refractivity contribution is 1.08. The summed E-state index contributed by atoms with van der Waals surface area (Å²) in [5.74, 6) is 5.10. The minimum absolute atomic E-state index is 0.675. The van der Waals surface area contributed by atoms with Gasteiger partial charge in [0.15, 0.2) is 0 Å². The quantitative estimate of drug-likeness (QED) is 0.434. The van der Waals surface area contributed by atoms with Crippen LogP contribution in [-0.4, -0.2) is 3.79 Å². The lowest BCUT2D eigenvalue weighted by Gasteiger charge is -1.96. The van der Waals surface area contributed by atoms with Gasteiger partial charge in [0.05, 0.1) is 0 Å². The number of alkyl halides is 3. The fourth-order valence-electron chi connectivity index (χ4n) is 0.251. The van der Waals surface area contributed by atoms with Crippen molar-refractivity contribution in [3.63, 3.8) is 0 Å². The van der Waals surface area contributed by atoms with Gasteiger partial charge in [0.2, 0.25) is 0 Å². The van der Waals surface area contributed by atoms with Crippen LogP contribution >= 0.6 is 34.8 Å². The molecule has 0 aliphatic heterocycles. The van der Waals surface area contributed by atoms with Crippen LogP contribution < -0.4 is 0 Å². The van der Waals surface area contributed by atoms with Gasteiger partial charge in [-0.05, 0) is 12.3 Å². The molecule has 0 saturated carbocycles. The zero-order valence-electron chi connectivity index (χ0n) is 4.76. The molecule has 0 N–H and O–H groups in total. The molecule has 0 aromatic rings. The van der Waals surface area contributed by atoms with Crippen molar-refractivity contribution >= 4 is 34.8 Å². The lowest BCUT2D eigenvalue weighted by atomic mass is 10.3. The van der Waals surface area contributed by atoms with Gasteiger partial charge in [-0.15, -0.1) is 0 Å². The third kappa shape index (κ3) is 8.43. The molecule has 0 amide bonds. The van der Waals surface area contributed by atoms with Crippen molar-refractivity contribution in [3.05, 3.63) is 6.92 Å². The molecule has 0 spiro atoms. The zero-order chi connectivity index (χ0) is 7.33. The van der Waals surface area contributed by atoms with Crippen LogP contribution in [0.5, 0.6) is 0 Å². The molecule has 0 aromatic heterocycles. The van der Waals surface area contributed by atoms with Crippen molar-refractivity contribution in [2.45, 2.75) is 16.6 Å². The van der Waals surface area contributed by atoms with E-state index in [-0.39, 0.29) is 0 Å². The number of hydrogen-bond acceptors (Lipinski definition) is 0. The maximum atomic E-state index is 5.31. The summed E-state index contributed by atoms with van der Waals surface area (Å²) < 4.78 is -1.42. The second kappa shape index (κ2) is 4.28. The molecule has 0 aliphatic rings. The average Bonchev–Trinajstić information content (AvgIpc) is 1.63. The molecule has 0 aromatic carbocycles. The van der Waals surface area contributed by atoms with Crippen molar-refractivity contribution in [2.75, 3.05) is 0 Å². The first-order valence-corrected chi connectivity index (χ1v) is 3.55. The van der Waals surface area contributed by atoms with Crippen LogP contribution in [0, 0.1) is 18.8 Å². The molecule has 0 heterocycles. The number of halogens is 3. The topological polar surface area (TPSA) is 0 Å². The van der Waals surface area contributed by atoms with E-state index in [2.05, 4.69) is 18.8 Å². The molecule has 51 valence electrons. The fourth-order valence-corrected chi connectivity index (χ4v) is 0.452. The Morgan fingerprint density at radius 3 is 2.22 bits per heavy atom. The Labute approximate surface area is 70.5 Å². The standard InChI is InChI=1S/C6H6Cl3/c1-2-3-4-5-6(7,8)9/h1-3H2. The van der Waals surface area contributed by atoms with E-state index in [4.69, 9.17) is 34.8 Å². The molecule has 9 heavy (non-hydrogen) atoms. The van der Waals surface area contributed by atoms with Gasteiger partial charge in [-0.3, -0.25) is 0 Å². The van der Waals surface area contributed by atoms with Gasteiger partial charge >= 0.3 is 0 Å². The van der Waals surface area contributed by atoms with E-state index < -0.39 is 3.79 Å². The first-order chi connectivity index (χ1) is 4.06. The van der Waals surface area contributed by atoms with Crippen LogP contribution in [0.4, 0.5) is 0 Å². The van der Waals surface area contributed by atoms with Gasteiger partial charge in [0.1, 0.15) is 0 Å². The smallest absolute Gasteiger partial charge is 0.0989 e. The van der Waals surface area contributed by atoms with E-state index in [1.54, 1.807) is 0 Å². The van der Waals surface area contributed by atoms with E-state index in [1.165, 1.54) is 0 Å². The van der Waals surface area contributed by atoms with E-state index >= 15 is 0 Å². The van der Waals surface area contributed by atoms with Crippen LogP contribution in [0.1, 0.15) is 12.8 Å². The molecule has 0 aliphatic carbocycles. The van der Waals surface area contributed by atoms with Crippen LogP contribution in [0.25, 0.3) is 0 Å². The van der Waals surface area contributed by atoms with Crippen LogP contribution in [0.2, 0.25) is 0 Å². The Morgan fingerprint density at radius 1 is 1.33 bits per heavy atom. The molecule has 0 saturated heterocycles. The molecular formula is C6H6Cl3. The first kappa shape index (κ1) is 9.43. The van der Waals surface area contributed by atoms with Crippen molar-refractivity contribution in [3.8, 4) is 11.8 Å². The summed E-state index contributed by atoms with van der Waals surface area (Å²) in [6, 6.07) is 0. The second-order valence-electron chi connectivity index (χ2n) is 1.40. The number of hydrogen-bond donors (Lipinski definition) is 0. The third-order valence-electron chi connectivity index (χ3n) is 0.532. The zero-order valence-corrected chi connectivity index (χ0v) is 7.02. The molecule has 1 radical (unpaired) electrons. The highest BCUT2D eigenvalue weighted by Crippen LogP contribution is 2.24. The molecule has 0 rings (SSSR count). The van der Waals surface area contributed by atoms with Crippen molar-refractivity contribution in [1.82, 2.24) is 0 Å². The van der Waals surface area contributed by atoms with Gasteiger partial charge in [-0.1, -0.05) is 47.6 Å². The lowest BCUT2D eigenvalue weighted by Crippen LogP contribution is -1.94. The summed E-state index contributed by atoms with van der Waals surface area (Å²) in [6.07, 6.45) is 1.42. The predicted molar refractivity (Wildman–Crippen MR) is 42.7 cm³/mol. The van der Waals surface area contributed by atoms with Crippen molar-refractivity contribution in [1.29, 1.82) is 0 Å². The fraction of sp³-hybridized carbons (Fsp3) is 0.500. The summed E-state index contributed by atoms with van der Waals surface area (Å²) >= 11 is 15.9. The van der Waals surface area contributed by atoms with E-state index in [1.807, 2.05) is 0 Å². The monoisotopic (exact) mass is 183 g/mol. The maximum Gasteiger partial charge on any atom is 0.252 e. The highest BCUT2D eigenvalue weighted by atomic mass is 35.6. The first-order valence-electron chi connectivity index (χ1n) is 2.42. The highest BCUT2D eigenvalue weighted by molar-refractivity contribution is 6.69. The third-order valence-corrected chi connectivity index (χ3v) is 0.815. The Hall–Kier alpha value is 0.430. The normalized spacial score (nSPS) is 10.2. The van der Waals surface area contributed by atoms with Gasteiger partial charge in [-0.25, -0.2) is 0 Å². The van der Waals surface area contributed by atoms with Crippen LogP contribution in [-0.2, 0) is 0 Å². The highest BCUT2D eigenvalue weighted by Gasteiger charge is 2.13. The molecule has 3 heteroatoms. The Bertz CT molecular complexity index is 123. The summed E-state index contributed by atoms with van der Waals surface area (Å²) in [7, 11) is 0. The number of unbranched alkanes of at least 4 members (excludes halogenated alkanes) is 1. The molecule has 0 atom stereocenters. The van der Waals surface area contributed by atoms with Gasteiger partial charge in [-0.2, -0.15) is 0 Å². The second-order valence-corrected chi connectivity index (χ2v) is 3.68. The molecule has 0 bridgehead atoms. The summed E-state index contributed by atoms with van der Waals surface area (Å²) in [6.45, 7) is 3.57. The molecule has 0 fully saturated rings. The van der Waals surface area contributed by atoms with E-state index in [0.29, 0.717) is 6.42 Å². The predicted octanol–water partition coefficient (Wildman–Crippen LogP) is 2.97. The Balaban J connectivity index is 3.59. The number of rotatable bonds is 1. The van der Waals surface area contributed by atoms with E-state index in [9.17, 15) is 0 Å². The van der Waals surface area contributed by atoms with Crippen LogP contribution in [0.3, 0.4) is 0 Å². The summed E-state index contributed by atoms with van der Waals surface area (Å²) in [4.78, 5) is 0. The minimum atomic E-state index is -1.42. The van der Waals surface area contributed by atoms with E-state index in [0.717, 1.165) is 6.42 Å². The molecule has 0 nitrogen and oxygen atoms in total. The van der Waals surface area contributed by atoms with Gasteiger partial charge in [0.25, 0.3) is 3.79 Å². The van der Waals surface area contributed by atoms with Gasteiger partial charge in [0, 0.05) is 6.42 Å². The SMILES string of the molecule is [CH2]CCC#CC(Cl)(Cl)Cl. The summed E-state index contributed by atoms with van der Waals surface area (Å²) in [5, 5.41) is 0. The Morgan fingerprint density at radius 2 is 1.89 bits per heavy atom. The minimum Gasteiger partial charge on any atom is -0.0989 e.